The third-order valence-corrected chi connectivity index (χ3v) is 9.91. The first-order valence-electron chi connectivity index (χ1n) is 22.0. The van der Waals surface area contributed by atoms with Gasteiger partial charge in [0.25, 0.3) is 0 Å². The Balaban J connectivity index is 4.06. The average Bonchev–Trinajstić information content (AvgIpc) is 3.15. The molecule has 0 spiro atoms. The van der Waals surface area contributed by atoms with Crippen molar-refractivity contribution < 1.29 is 43.0 Å². The second-order valence-electron chi connectivity index (χ2n) is 14.9. The summed E-state index contributed by atoms with van der Waals surface area (Å²) < 4.78 is 26.3. The van der Waals surface area contributed by atoms with E-state index in [9.17, 15) is 19.3 Å². The number of unbranched alkanes of at least 4 members (excludes halogenated alkanes) is 21. The van der Waals surface area contributed by atoms with Crippen LogP contribution in [0.5, 0.6) is 0 Å². The van der Waals surface area contributed by atoms with Crippen LogP contribution < -0.4 is 0 Å². The van der Waals surface area contributed by atoms with Crippen LogP contribution in [-0.4, -0.2) is 52.3 Å². The van der Waals surface area contributed by atoms with Crippen LogP contribution in [0.25, 0.3) is 0 Å². The molecule has 0 saturated heterocycles. The van der Waals surface area contributed by atoms with E-state index in [0.717, 1.165) is 32.1 Å². The Hall–Kier alpha value is -2.03. The third kappa shape index (κ3) is 42.9. The first kappa shape index (κ1) is 53.0. The molecule has 2 atom stereocenters. The van der Waals surface area contributed by atoms with E-state index in [-0.39, 0.29) is 19.4 Å². The molecule has 0 radical (unpaired) electrons. The summed E-state index contributed by atoms with van der Waals surface area (Å²) in [6.07, 6.45) is 45.8. The third-order valence-electron chi connectivity index (χ3n) is 9.42. The Morgan fingerprint density at radius 2 is 1.04 bits per heavy atom. The number of hydrogen-bond acceptors (Lipinski definition) is 7. The normalized spacial score (nSPS) is 13.5. The molecule has 0 rings (SSSR count). The highest BCUT2D eigenvalue weighted by Gasteiger charge is 2.23. The van der Waals surface area contributed by atoms with Crippen molar-refractivity contribution in [3.05, 3.63) is 48.6 Å². The largest absolute Gasteiger partial charge is 0.469 e. The molecule has 10 heteroatoms. The Morgan fingerprint density at radius 3 is 1.56 bits per heavy atom. The summed E-state index contributed by atoms with van der Waals surface area (Å²) in [5.74, 6) is -1.08. The fourth-order valence-electron chi connectivity index (χ4n) is 6.08. The Labute approximate surface area is 336 Å². The zero-order chi connectivity index (χ0) is 40.5. The molecule has 0 aliphatic heterocycles. The molecule has 0 amide bonds. The van der Waals surface area contributed by atoms with E-state index in [2.05, 4.69) is 42.7 Å². The molecule has 320 valence electrons. The summed E-state index contributed by atoms with van der Waals surface area (Å²) in [4.78, 5) is 42.9. The molecule has 3 N–H and O–H groups in total. The molecule has 1 unspecified atom stereocenters. The molecule has 0 aromatic carbocycles. The van der Waals surface area contributed by atoms with E-state index >= 15 is 0 Å². The molecule has 55 heavy (non-hydrogen) atoms. The van der Waals surface area contributed by atoms with Crippen LogP contribution in [0.15, 0.2) is 48.6 Å². The van der Waals surface area contributed by atoms with Crippen molar-refractivity contribution in [1.82, 2.24) is 0 Å². The number of aliphatic hydroxyl groups is 1. The van der Waals surface area contributed by atoms with E-state index in [0.29, 0.717) is 19.3 Å². The maximum absolute atomic E-state index is 12.4. The molecule has 0 aliphatic carbocycles. The molecule has 0 fully saturated rings. The molecule has 0 aliphatic rings. The number of phosphoric ester groups is 1. The SMILES string of the molecule is CCCCCCCC/C=C\CCCCCCCCCCCC(=O)OC[C@H](COP(=O)(O)O)OC(=O)CCCC(O)/C=C/C=C/C/C=C/CCCCCCCC. The Bertz CT molecular complexity index is 1050. The van der Waals surface area contributed by atoms with Gasteiger partial charge in [0.05, 0.1) is 12.7 Å². The fourth-order valence-corrected chi connectivity index (χ4v) is 6.44. The van der Waals surface area contributed by atoms with Crippen LogP contribution in [0.3, 0.4) is 0 Å². The lowest BCUT2D eigenvalue weighted by Crippen LogP contribution is -2.29. The van der Waals surface area contributed by atoms with Crippen LogP contribution in [0.1, 0.15) is 200 Å². The lowest BCUT2D eigenvalue weighted by molar-refractivity contribution is -0.161. The minimum atomic E-state index is -4.81. The molecule has 9 nitrogen and oxygen atoms in total. The first-order chi connectivity index (χ1) is 26.7. The summed E-state index contributed by atoms with van der Waals surface area (Å²) >= 11 is 0. The van der Waals surface area contributed by atoms with Crippen LogP contribution in [0.2, 0.25) is 0 Å². The Kier molecular flexibility index (Phi) is 38.7. The van der Waals surface area contributed by atoms with E-state index < -0.39 is 38.6 Å². The predicted octanol–water partition coefficient (Wildman–Crippen LogP) is 12.5. The molecular formula is C45H81O9P. The highest BCUT2D eigenvalue weighted by molar-refractivity contribution is 7.46. The number of hydrogen-bond donors (Lipinski definition) is 3. The monoisotopic (exact) mass is 797 g/mol. The highest BCUT2D eigenvalue weighted by Crippen LogP contribution is 2.36. The maximum atomic E-state index is 12.4. The van der Waals surface area contributed by atoms with E-state index in [1.54, 1.807) is 12.2 Å². The van der Waals surface area contributed by atoms with Crippen molar-refractivity contribution in [2.45, 2.75) is 212 Å². The molecule has 0 saturated carbocycles. The van der Waals surface area contributed by atoms with Gasteiger partial charge in [0.1, 0.15) is 6.61 Å². The van der Waals surface area contributed by atoms with Gasteiger partial charge < -0.3 is 24.4 Å². The van der Waals surface area contributed by atoms with E-state index in [1.165, 1.54) is 122 Å². The van der Waals surface area contributed by atoms with Gasteiger partial charge in [-0.2, -0.15) is 0 Å². The van der Waals surface area contributed by atoms with Crippen molar-refractivity contribution in [2.75, 3.05) is 13.2 Å². The van der Waals surface area contributed by atoms with Crippen molar-refractivity contribution in [2.24, 2.45) is 0 Å². The van der Waals surface area contributed by atoms with Gasteiger partial charge in [0, 0.05) is 12.8 Å². The number of rotatable bonds is 40. The highest BCUT2D eigenvalue weighted by atomic mass is 31.2. The first-order valence-corrected chi connectivity index (χ1v) is 23.6. The molecule has 0 heterocycles. The zero-order valence-electron chi connectivity index (χ0n) is 34.9. The molecule has 0 bridgehead atoms. The second-order valence-corrected chi connectivity index (χ2v) is 16.1. The van der Waals surface area contributed by atoms with Gasteiger partial charge in [0.15, 0.2) is 6.10 Å². The van der Waals surface area contributed by atoms with Crippen LogP contribution >= 0.6 is 7.82 Å². The van der Waals surface area contributed by atoms with E-state index in [4.69, 9.17) is 19.3 Å². The number of carbonyl (C=O) groups excluding carboxylic acids is 2. The summed E-state index contributed by atoms with van der Waals surface area (Å²) in [5, 5.41) is 10.2. The average molecular weight is 797 g/mol. The fraction of sp³-hybridized carbons (Fsp3) is 0.778. The molecular weight excluding hydrogens is 715 g/mol. The second kappa shape index (κ2) is 40.2. The minimum absolute atomic E-state index is 0.0127. The topological polar surface area (TPSA) is 140 Å². The quantitative estimate of drug-likeness (QED) is 0.0182. The van der Waals surface area contributed by atoms with Gasteiger partial charge in [-0.15, -0.1) is 0 Å². The van der Waals surface area contributed by atoms with Gasteiger partial charge in [-0.25, -0.2) is 4.57 Å². The number of ether oxygens (including phenoxy) is 2. The summed E-state index contributed by atoms with van der Waals surface area (Å²) in [6.45, 7) is 3.52. The van der Waals surface area contributed by atoms with Crippen molar-refractivity contribution in [3.63, 3.8) is 0 Å². The van der Waals surface area contributed by atoms with Crippen molar-refractivity contribution in [1.29, 1.82) is 0 Å². The smallest absolute Gasteiger partial charge is 0.462 e. The van der Waals surface area contributed by atoms with Gasteiger partial charge in [0.2, 0.25) is 0 Å². The number of aliphatic hydroxyl groups excluding tert-OH is 1. The number of allylic oxidation sites excluding steroid dienone is 7. The van der Waals surface area contributed by atoms with Crippen molar-refractivity contribution in [3.8, 4) is 0 Å². The zero-order valence-corrected chi connectivity index (χ0v) is 35.8. The minimum Gasteiger partial charge on any atom is -0.462 e. The summed E-state index contributed by atoms with van der Waals surface area (Å²) in [6, 6.07) is 0. The lowest BCUT2D eigenvalue weighted by atomic mass is 10.1. The number of carbonyl (C=O) groups is 2. The van der Waals surface area contributed by atoms with Gasteiger partial charge in [-0.1, -0.05) is 172 Å². The van der Waals surface area contributed by atoms with Crippen LogP contribution in [0.4, 0.5) is 0 Å². The summed E-state index contributed by atoms with van der Waals surface area (Å²) in [5.41, 5.74) is 0. The Morgan fingerprint density at radius 1 is 0.564 bits per heavy atom. The maximum Gasteiger partial charge on any atom is 0.469 e. The summed E-state index contributed by atoms with van der Waals surface area (Å²) in [7, 11) is -4.81. The van der Waals surface area contributed by atoms with Gasteiger partial charge in [-0.3, -0.25) is 14.1 Å². The van der Waals surface area contributed by atoms with Crippen LogP contribution in [0, 0.1) is 0 Å². The van der Waals surface area contributed by atoms with Crippen LogP contribution in [-0.2, 0) is 28.2 Å². The van der Waals surface area contributed by atoms with Crippen molar-refractivity contribution >= 4 is 19.8 Å². The number of phosphoric acid groups is 1. The lowest BCUT2D eigenvalue weighted by Gasteiger charge is -2.18. The van der Waals surface area contributed by atoms with E-state index in [1.807, 2.05) is 12.2 Å². The predicted molar refractivity (Wildman–Crippen MR) is 227 cm³/mol. The molecule has 0 aromatic rings. The molecule has 0 aromatic heterocycles. The van der Waals surface area contributed by atoms with Gasteiger partial charge >= 0.3 is 19.8 Å². The number of esters is 2. The van der Waals surface area contributed by atoms with Gasteiger partial charge in [-0.05, 0) is 64.2 Å². The standard InChI is InChI=1S/C45H81O9P/c1-3-5-7-9-11-13-15-17-18-19-20-21-22-24-26-28-30-32-34-38-44(47)52-40-43(41-53-55(49,50)51)54-45(48)39-35-37-42(46)36-33-31-29-27-25-23-16-14-12-10-8-6-4-2/h17-18,23,25,29,31,33,36,42-43,46H,3-16,19-22,24,26-28,30,32,34-35,37-41H2,1-2H3,(H2,49,50,51)/b18-17-,25-23+,31-29+,36-33+/t42?,43-/m1/s1.